The van der Waals surface area contributed by atoms with Gasteiger partial charge in [0.2, 0.25) is 0 Å². The SMILES string of the molecule is C[N+](C)(C)Cc1cc(C[N+](C)(C)C)cc(C[N+](C)(C)C)c1. The first kappa shape index (κ1) is 18.1. The molecule has 3 nitrogen and oxygen atoms in total. The van der Waals surface area contributed by atoms with Crippen LogP contribution in [0.3, 0.4) is 0 Å². The van der Waals surface area contributed by atoms with Gasteiger partial charge in [0.15, 0.2) is 0 Å². The van der Waals surface area contributed by atoms with Gasteiger partial charge in [-0.3, -0.25) is 0 Å². The zero-order valence-corrected chi connectivity index (χ0v) is 15.7. The van der Waals surface area contributed by atoms with E-state index in [1.54, 1.807) is 0 Å². The quantitative estimate of drug-likeness (QED) is 0.706. The van der Waals surface area contributed by atoms with E-state index in [1.807, 2.05) is 0 Å². The van der Waals surface area contributed by atoms with Crippen LogP contribution in [0.1, 0.15) is 16.7 Å². The molecule has 0 atom stereocenters. The summed E-state index contributed by atoms with van der Waals surface area (Å²) >= 11 is 0. The average molecular weight is 295 g/mol. The molecule has 0 aliphatic heterocycles. The second-order valence-corrected chi connectivity index (χ2v) is 9.50. The highest BCUT2D eigenvalue weighted by Crippen LogP contribution is 2.18. The van der Waals surface area contributed by atoms with Gasteiger partial charge in [0.05, 0.1) is 63.4 Å². The highest BCUT2D eigenvalue weighted by atomic mass is 15.3. The number of hydrogen-bond donors (Lipinski definition) is 0. The van der Waals surface area contributed by atoms with E-state index in [9.17, 15) is 0 Å². The lowest BCUT2D eigenvalue weighted by Crippen LogP contribution is -2.35. The lowest BCUT2D eigenvalue weighted by molar-refractivity contribution is -0.885. The molecule has 0 radical (unpaired) electrons. The normalized spacial score (nSPS) is 13.6. The Morgan fingerprint density at radius 3 is 0.810 bits per heavy atom. The Labute approximate surface area is 132 Å². The lowest BCUT2D eigenvalue weighted by atomic mass is 10.0. The molecule has 1 rings (SSSR count). The van der Waals surface area contributed by atoms with Crippen molar-refractivity contribution in [3.63, 3.8) is 0 Å². The summed E-state index contributed by atoms with van der Waals surface area (Å²) in [4.78, 5) is 0. The third-order valence-corrected chi connectivity index (χ3v) is 3.08. The number of nitrogens with zero attached hydrogens (tertiary/aromatic N) is 3. The fraction of sp³-hybridized carbons (Fsp3) is 0.667. The maximum Gasteiger partial charge on any atom is 0.104 e. The molecule has 1 aromatic carbocycles. The molecule has 0 aromatic heterocycles. The van der Waals surface area contributed by atoms with Crippen LogP contribution in [0.15, 0.2) is 18.2 Å². The predicted molar refractivity (Wildman–Crippen MR) is 91.7 cm³/mol. The molecule has 0 amide bonds. The lowest BCUT2D eigenvalue weighted by Gasteiger charge is -2.28. The fourth-order valence-corrected chi connectivity index (χ4v) is 2.76. The van der Waals surface area contributed by atoms with Crippen molar-refractivity contribution in [1.82, 2.24) is 0 Å². The summed E-state index contributed by atoms with van der Waals surface area (Å²) in [5.41, 5.74) is 4.37. The molecule has 0 heterocycles. The Bertz CT molecular complexity index is 387. The van der Waals surface area contributed by atoms with E-state index < -0.39 is 0 Å². The zero-order valence-electron chi connectivity index (χ0n) is 15.7. The van der Waals surface area contributed by atoms with Crippen molar-refractivity contribution in [3.05, 3.63) is 34.9 Å². The minimum Gasteiger partial charge on any atom is -0.327 e. The van der Waals surface area contributed by atoms with E-state index in [2.05, 4.69) is 81.6 Å². The first-order chi connectivity index (χ1) is 9.23. The Morgan fingerprint density at radius 1 is 0.476 bits per heavy atom. The van der Waals surface area contributed by atoms with Crippen LogP contribution in [-0.4, -0.2) is 76.9 Å². The van der Waals surface area contributed by atoms with Crippen molar-refractivity contribution in [2.75, 3.05) is 63.4 Å². The Morgan fingerprint density at radius 2 is 0.667 bits per heavy atom. The number of quaternary nitrogens is 3. The van der Waals surface area contributed by atoms with E-state index in [1.165, 1.54) is 16.7 Å². The van der Waals surface area contributed by atoms with Crippen LogP contribution in [0.5, 0.6) is 0 Å². The van der Waals surface area contributed by atoms with Crippen molar-refractivity contribution in [1.29, 1.82) is 0 Å². The molecule has 0 unspecified atom stereocenters. The van der Waals surface area contributed by atoms with Crippen molar-refractivity contribution < 1.29 is 13.4 Å². The van der Waals surface area contributed by atoms with E-state index in [0.29, 0.717) is 0 Å². The number of rotatable bonds is 6. The first-order valence-electron chi connectivity index (χ1n) is 7.77. The maximum absolute atomic E-state index is 2.40. The molecule has 0 spiro atoms. The van der Waals surface area contributed by atoms with E-state index in [4.69, 9.17) is 0 Å². The molecule has 0 aliphatic rings. The summed E-state index contributed by atoms with van der Waals surface area (Å²) in [5, 5.41) is 0. The van der Waals surface area contributed by atoms with Gasteiger partial charge in [0.1, 0.15) is 19.6 Å². The molecule has 120 valence electrons. The monoisotopic (exact) mass is 294 g/mol. The second-order valence-electron chi connectivity index (χ2n) is 9.50. The maximum atomic E-state index is 2.40. The summed E-state index contributed by atoms with van der Waals surface area (Å²) < 4.78 is 2.91. The fourth-order valence-electron chi connectivity index (χ4n) is 2.76. The van der Waals surface area contributed by atoms with Gasteiger partial charge in [-0.1, -0.05) is 0 Å². The van der Waals surface area contributed by atoms with Gasteiger partial charge in [-0.05, 0) is 18.2 Å². The molecule has 3 heteroatoms. The molecule has 0 saturated heterocycles. The Kier molecular flexibility index (Phi) is 5.25. The van der Waals surface area contributed by atoms with Gasteiger partial charge in [-0.15, -0.1) is 0 Å². The highest BCUT2D eigenvalue weighted by molar-refractivity contribution is 5.29. The number of hydrogen-bond acceptors (Lipinski definition) is 0. The largest absolute Gasteiger partial charge is 0.327 e. The van der Waals surface area contributed by atoms with Crippen LogP contribution < -0.4 is 0 Å². The second kappa shape index (κ2) is 6.07. The zero-order chi connectivity index (χ0) is 16.5. The highest BCUT2D eigenvalue weighted by Gasteiger charge is 2.16. The van der Waals surface area contributed by atoms with Crippen LogP contribution in [0.2, 0.25) is 0 Å². The van der Waals surface area contributed by atoms with Crippen molar-refractivity contribution >= 4 is 0 Å². The van der Waals surface area contributed by atoms with Gasteiger partial charge in [0, 0.05) is 16.7 Å². The van der Waals surface area contributed by atoms with Crippen LogP contribution in [-0.2, 0) is 19.6 Å². The molecule has 0 bridgehead atoms. The van der Waals surface area contributed by atoms with Crippen LogP contribution in [0, 0.1) is 0 Å². The van der Waals surface area contributed by atoms with Gasteiger partial charge in [-0.25, -0.2) is 0 Å². The molecule has 0 N–H and O–H groups in total. The minimum absolute atomic E-state index is 0.970. The van der Waals surface area contributed by atoms with E-state index in [-0.39, 0.29) is 0 Å². The topological polar surface area (TPSA) is 0 Å². The molecule has 0 saturated carbocycles. The van der Waals surface area contributed by atoms with Crippen LogP contribution >= 0.6 is 0 Å². The molecule has 0 fully saturated rings. The summed E-state index contributed by atoms with van der Waals surface area (Å²) in [6.45, 7) is 3.24. The minimum atomic E-state index is 0.970. The summed E-state index contributed by atoms with van der Waals surface area (Å²) in [6, 6.07) is 7.18. The van der Waals surface area contributed by atoms with Crippen molar-refractivity contribution in [2.45, 2.75) is 19.6 Å². The van der Waals surface area contributed by atoms with Gasteiger partial charge in [-0.2, -0.15) is 0 Å². The summed E-state index contributed by atoms with van der Waals surface area (Å²) in [5.74, 6) is 0. The number of benzene rings is 1. The van der Waals surface area contributed by atoms with Gasteiger partial charge < -0.3 is 13.4 Å². The van der Waals surface area contributed by atoms with Crippen molar-refractivity contribution in [3.8, 4) is 0 Å². The molecule has 21 heavy (non-hydrogen) atoms. The molecule has 0 aliphatic carbocycles. The predicted octanol–water partition coefficient (Wildman–Crippen LogP) is 2.31. The molecule has 1 aromatic rings. The van der Waals surface area contributed by atoms with Crippen LogP contribution in [0.25, 0.3) is 0 Å². The first-order valence-corrected chi connectivity index (χ1v) is 7.77. The van der Waals surface area contributed by atoms with Crippen LogP contribution in [0.4, 0.5) is 0 Å². The Hall–Kier alpha value is -0.900. The summed E-state index contributed by atoms with van der Waals surface area (Å²) in [6.07, 6.45) is 0. The molecular formula is C18H36N3+3. The standard InChI is InChI=1S/C18H36N3/c1-19(2,3)13-16-10-17(14-20(4,5)6)12-18(11-16)15-21(7,8)9/h10-12H,13-15H2,1-9H3/q+3. The van der Waals surface area contributed by atoms with Gasteiger partial charge >= 0.3 is 0 Å². The average Bonchev–Trinajstić information content (AvgIpc) is 2.06. The third kappa shape index (κ3) is 8.20. The summed E-state index contributed by atoms with van der Waals surface area (Å²) in [7, 11) is 20.3. The van der Waals surface area contributed by atoms with Gasteiger partial charge in [0.25, 0.3) is 0 Å². The smallest absolute Gasteiger partial charge is 0.104 e. The third-order valence-electron chi connectivity index (χ3n) is 3.08. The van der Waals surface area contributed by atoms with E-state index in [0.717, 1.165) is 33.1 Å². The Balaban J connectivity index is 3.13. The van der Waals surface area contributed by atoms with E-state index >= 15 is 0 Å². The molecular weight excluding hydrogens is 258 g/mol. The van der Waals surface area contributed by atoms with Crippen molar-refractivity contribution in [2.24, 2.45) is 0 Å².